The minimum atomic E-state index is -0.402. The van der Waals surface area contributed by atoms with Gasteiger partial charge in [0.25, 0.3) is 17.7 Å². The molecule has 0 N–H and O–H groups in total. The molecule has 2 aromatic rings. The van der Waals surface area contributed by atoms with E-state index in [1.165, 1.54) is 5.01 Å². The van der Waals surface area contributed by atoms with Gasteiger partial charge >= 0.3 is 0 Å². The van der Waals surface area contributed by atoms with Crippen LogP contribution in [-0.2, 0) is 16.1 Å². The smallest absolute Gasteiger partial charge is 0.272 e. The van der Waals surface area contributed by atoms with Crippen LogP contribution in [-0.4, -0.2) is 37.4 Å². The Morgan fingerprint density at radius 3 is 2.03 bits per heavy atom. The lowest BCUT2D eigenvalue weighted by atomic mass is 9.81. The first-order chi connectivity index (χ1) is 14.9. The van der Waals surface area contributed by atoms with Crippen molar-refractivity contribution in [2.24, 2.45) is 23.7 Å². The van der Waals surface area contributed by atoms with Crippen molar-refractivity contribution in [2.75, 3.05) is 0 Å². The predicted molar refractivity (Wildman–Crippen MR) is 124 cm³/mol. The van der Waals surface area contributed by atoms with E-state index in [9.17, 15) is 14.4 Å². The topological polar surface area (TPSA) is 57.7 Å². The molecule has 0 spiro atoms. The quantitative estimate of drug-likeness (QED) is 0.399. The Morgan fingerprint density at radius 2 is 1.48 bits per heavy atom. The lowest BCUT2D eigenvalue weighted by molar-refractivity contribution is -0.156. The number of halogens is 3. The van der Waals surface area contributed by atoms with Crippen molar-refractivity contribution >= 4 is 61.2 Å². The van der Waals surface area contributed by atoms with Gasteiger partial charge in [0.2, 0.25) is 0 Å². The van der Waals surface area contributed by atoms with Crippen molar-refractivity contribution in [1.29, 1.82) is 0 Å². The molecule has 3 aliphatic rings. The Hall–Kier alpha value is -1.70. The molecular weight excluding hydrogens is 548 g/mol. The van der Waals surface area contributed by atoms with E-state index >= 15 is 0 Å². The third-order valence-corrected chi connectivity index (χ3v) is 10.2. The lowest BCUT2D eigenvalue weighted by Gasteiger charge is -2.31. The molecule has 0 unspecified atom stereocenters. The fraction of sp³-hybridized carbons (Fsp3) is 0.348. The van der Waals surface area contributed by atoms with Crippen LogP contribution in [0.15, 0.2) is 54.6 Å². The Balaban J connectivity index is 1.52. The fourth-order valence-electron chi connectivity index (χ4n) is 5.30. The maximum Gasteiger partial charge on any atom is 0.273 e. The summed E-state index contributed by atoms with van der Waals surface area (Å²) < 4.78 is 0. The van der Waals surface area contributed by atoms with Crippen LogP contribution in [0.4, 0.5) is 0 Å². The lowest BCUT2D eigenvalue weighted by Crippen LogP contribution is -2.50. The van der Waals surface area contributed by atoms with Gasteiger partial charge in [-0.3, -0.25) is 14.4 Å². The summed E-state index contributed by atoms with van der Waals surface area (Å²) in [7, 11) is 0. The predicted octanol–water partition coefficient (Wildman–Crippen LogP) is 4.68. The normalized spacial score (nSPS) is 31.3. The number of hydrogen-bond donors (Lipinski definition) is 0. The zero-order valence-corrected chi connectivity index (χ0v) is 20.3. The fourth-order valence-corrected chi connectivity index (χ4v) is 7.30. The van der Waals surface area contributed by atoms with Gasteiger partial charge < -0.3 is 0 Å². The Morgan fingerprint density at radius 1 is 0.935 bits per heavy atom. The summed E-state index contributed by atoms with van der Waals surface area (Å²) in [6, 6.07) is 15.9. The van der Waals surface area contributed by atoms with E-state index in [1.807, 2.05) is 30.3 Å². The number of carbonyl (C=O) groups excluding carboxylic acids is 3. The molecule has 2 aromatic carbocycles. The molecule has 0 radical (unpaired) electrons. The van der Waals surface area contributed by atoms with E-state index in [-0.39, 0.29) is 51.7 Å². The van der Waals surface area contributed by atoms with Crippen LogP contribution in [0.5, 0.6) is 0 Å². The zero-order valence-electron chi connectivity index (χ0n) is 16.3. The van der Waals surface area contributed by atoms with Crippen molar-refractivity contribution in [2.45, 2.75) is 22.6 Å². The van der Waals surface area contributed by atoms with E-state index in [1.54, 1.807) is 24.3 Å². The SMILES string of the molecule is O=C(c1ccc(Cl)cc1)N(Cc1ccccc1)N1C(=O)[C@@H]2[C@H]3C[C@@H]([C@H](Br)[C@@H]3Br)[C@@H]2C1=O. The number of rotatable bonds is 4. The molecular formula is C23H19Br2ClN2O3. The highest BCUT2D eigenvalue weighted by molar-refractivity contribution is 9.12. The maximum atomic E-state index is 13.5. The van der Waals surface area contributed by atoms with Gasteiger partial charge in [0.1, 0.15) is 0 Å². The molecule has 1 saturated heterocycles. The number of amides is 3. The molecule has 5 nitrogen and oxygen atoms in total. The standard InChI is InChI=1S/C23H19Br2ClN2O3/c24-19-15-10-16(20(19)25)18-17(15)22(30)28(23(18)31)27(11-12-4-2-1-3-5-12)21(29)13-6-8-14(26)9-7-13/h1-9,15-20H,10-11H2/t15-,16-,17-,18+,19-,20+/m1/s1. The van der Waals surface area contributed by atoms with E-state index < -0.39 is 5.91 Å². The number of imide groups is 1. The minimum absolute atomic E-state index is 0.0880. The molecule has 6 atom stereocenters. The molecule has 0 aromatic heterocycles. The zero-order chi connectivity index (χ0) is 21.9. The van der Waals surface area contributed by atoms with E-state index in [0.717, 1.165) is 17.0 Å². The first-order valence-electron chi connectivity index (χ1n) is 10.2. The number of carbonyl (C=O) groups is 3. The minimum Gasteiger partial charge on any atom is -0.272 e. The summed E-state index contributed by atoms with van der Waals surface area (Å²) in [6.07, 6.45) is 0.844. The second kappa shape index (κ2) is 8.01. The van der Waals surface area contributed by atoms with Gasteiger partial charge in [-0.25, -0.2) is 5.01 Å². The first-order valence-corrected chi connectivity index (χ1v) is 12.4. The Labute approximate surface area is 201 Å². The summed E-state index contributed by atoms with van der Waals surface area (Å²) in [5.74, 6) is -1.54. The van der Waals surface area contributed by atoms with Gasteiger partial charge in [0.05, 0.1) is 18.4 Å². The van der Waals surface area contributed by atoms with E-state index in [2.05, 4.69) is 31.9 Å². The molecule has 2 aliphatic carbocycles. The number of nitrogens with zero attached hydrogens (tertiary/aromatic N) is 2. The Kier molecular flexibility index (Phi) is 5.47. The highest BCUT2D eigenvalue weighted by Gasteiger charge is 2.67. The average molecular weight is 567 g/mol. The highest BCUT2D eigenvalue weighted by atomic mass is 79.9. The summed E-state index contributed by atoms with van der Waals surface area (Å²) in [5, 5.41) is 2.92. The molecule has 1 heterocycles. The maximum absolute atomic E-state index is 13.5. The van der Waals surface area contributed by atoms with Gasteiger partial charge in [-0.15, -0.1) is 0 Å². The molecule has 31 heavy (non-hydrogen) atoms. The van der Waals surface area contributed by atoms with Crippen LogP contribution >= 0.6 is 43.5 Å². The van der Waals surface area contributed by atoms with Crippen LogP contribution in [0.25, 0.3) is 0 Å². The summed E-state index contributed by atoms with van der Waals surface area (Å²) in [5.41, 5.74) is 1.21. The largest absolute Gasteiger partial charge is 0.273 e. The van der Waals surface area contributed by atoms with Gasteiger partial charge in [0.15, 0.2) is 0 Å². The third kappa shape index (κ3) is 3.36. The number of benzene rings is 2. The monoisotopic (exact) mass is 564 g/mol. The second-order valence-corrected chi connectivity index (χ2v) is 10.9. The van der Waals surface area contributed by atoms with Crippen molar-refractivity contribution in [3.8, 4) is 0 Å². The molecule has 1 aliphatic heterocycles. The summed E-state index contributed by atoms with van der Waals surface area (Å²) >= 11 is 13.4. The van der Waals surface area contributed by atoms with Crippen LogP contribution in [0, 0.1) is 23.7 Å². The van der Waals surface area contributed by atoms with Crippen LogP contribution in [0.1, 0.15) is 22.3 Å². The Bertz CT molecular complexity index is 1020. The summed E-state index contributed by atoms with van der Waals surface area (Å²) in [6.45, 7) is 0.129. The van der Waals surface area contributed by atoms with Crippen LogP contribution < -0.4 is 0 Å². The molecule has 3 fully saturated rings. The number of fused-ring (bicyclic) bond motifs is 5. The summed E-state index contributed by atoms with van der Waals surface area (Å²) in [4.78, 5) is 40.8. The van der Waals surface area contributed by atoms with Crippen LogP contribution in [0.2, 0.25) is 5.02 Å². The van der Waals surface area contributed by atoms with Gasteiger partial charge in [-0.1, -0.05) is 73.8 Å². The second-order valence-electron chi connectivity index (χ2n) is 8.35. The van der Waals surface area contributed by atoms with E-state index in [0.29, 0.717) is 10.6 Å². The highest BCUT2D eigenvalue weighted by Crippen LogP contribution is 2.60. The van der Waals surface area contributed by atoms with Crippen molar-refractivity contribution in [3.63, 3.8) is 0 Å². The average Bonchev–Trinajstić information content (AvgIpc) is 3.38. The number of hydrazine groups is 1. The molecule has 160 valence electrons. The van der Waals surface area contributed by atoms with Crippen molar-refractivity contribution in [1.82, 2.24) is 10.0 Å². The van der Waals surface area contributed by atoms with Crippen molar-refractivity contribution < 1.29 is 14.4 Å². The molecule has 2 saturated carbocycles. The number of alkyl halides is 2. The molecule has 5 rings (SSSR count). The molecule has 3 amide bonds. The van der Waals surface area contributed by atoms with Crippen LogP contribution in [0.3, 0.4) is 0 Å². The van der Waals surface area contributed by atoms with Gasteiger partial charge in [0, 0.05) is 20.2 Å². The molecule has 8 heteroatoms. The third-order valence-electron chi connectivity index (χ3n) is 6.71. The first kappa shape index (κ1) is 21.2. The van der Waals surface area contributed by atoms with Gasteiger partial charge in [-0.2, -0.15) is 5.01 Å². The van der Waals surface area contributed by atoms with E-state index in [4.69, 9.17) is 11.6 Å². The molecule has 2 bridgehead atoms. The van der Waals surface area contributed by atoms with Gasteiger partial charge in [-0.05, 0) is 48.1 Å². The number of hydrogen-bond acceptors (Lipinski definition) is 3. The van der Waals surface area contributed by atoms with Crippen molar-refractivity contribution in [3.05, 3.63) is 70.7 Å².